The Morgan fingerprint density at radius 1 is 1.14 bits per heavy atom. The predicted molar refractivity (Wildman–Crippen MR) is 75.1 cm³/mol. The van der Waals surface area contributed by atoms with Crippen LogP contribution in [0.2, 0.25) is 0 Å². The number of pyridine rings is 2. The molecule has 2 heterocycles. The predicted octanol–water partition coefficient (Wildman–Crippen LogP) is 3.71. The number of nitrogens with one attached hydrogen (secondary N) is 2. The normalized spacial score (nSPS) is 12.8. The lowest BCUT2D eigenvalue weighted by molar-refractivity contribution is -0.137. The van der Waals surface area contributed by atoms with Gasteiger partial charge >= 0.3 is 6.18 Å². The topological polar surface area (TPSA) is 49.8 Å². The summed E-state index contributed by atoms with van der Waals surface area (Å²) in [4.78, 5) is 8.24. The van der Waals surface area contributed by atoms with E-state index in [0.717, 1.165) is 17.8 Å². The van der Waals surface area contributed by atoms with Crippen LogP contribution in [0.1, 0.15) is 24.2 Å². The van der Waals surface area contributed by atoms with E-state index >= 15 is 0 Å². The van der Waals surface area contributed by atoms with Crippen molar-refractivity contribution < 1.29 is 13.2 Å². The average Bonchev–Trinajstić information content (AvgIpc) is 2.46. The second kappa shape index (κ2) is 5.99. The first-order valence-corrected chi connectivity index (χ1v) is 6.34. The standard InChI is InChI=1S/C14H15F3N4/c1-9(11-5-3-4-6-19-11)20-13-8-10(14(15,16)17)7-12(18-2)21-13/h3-9H,1-2H3,(H2,18,20,21). The van der Waals surface area contributed by atoms with Crippen LogP contribution in [0.3, 0.4) is 0 Å². The number of hydrogen-bond acceptors (Lipinski definition) is 4. The maximum absolute atomic E-state index is 12.8. The first-order valence-electron chi connectivity index (χ1n) is 6.34. The Hall–Kier alpha value is -2.31. The molecule has 112 valence electrons. The van der Waals surface area contributed by atoms with Gasteiger partial charge in [0, 0.05) is 13.2 Å². The van der Waals surface area contributed by atoms with Crippen molar-refractivity contribution in [2.24, 2.45) is 0 Å². The minimum atomic E-state index is -4.42. The largest absolute Gasteiger partial charge is 0.416 e. The van der Waals surface area contributed by atoms with E-state index in [1.807, 2.05) is 13.0 Å². The summed E-state index contributed by atoms with van der Waals surface area (Å²) >= 11 is 0. The highest BCUT2D eigenvalue weighted by Gasteiger charge is 2.31. The van der Waals surface area contributed by atoms with E-state index in [9.17, 15) is 13.2 Å². The number of halogens is 3. The minimum absolute atomic E-state index is 0.146. The van der Waals surface area contributed by atoms with Gasteiger partial charge in [0.2, 0.25) is 0 Å². The smallest absolute Gasteiger partial charge is 0.373 e. The highest BCUT2D eigenvalue weighted by atomic mass is 19.4. The number of anilines is 2. The Kier molecular flexibility index (Phi) is 4.30. The van der Waals surface area contributed by atoms with Crippen LogP contribution in [0, 0.1) is 0 Å². The van der Waals surface area contributed by atoms with Crippen molar-refractivity contribution in [2.45, 2.75) is 19.1 Å². The van der Waals surface area contributed by atoms with Gasteiger partial charge in [-0.15, -0.1) is 0 Å². The van der Waals surface area contributed by atoms with Crippen molar-refractivity contribution in [3.8, 4) is 0 Å². The Balaban J connectivity index is 2.27. The molecule has 21 heavy (non-hydrogen) atoms. The Bertz CT molecular complexity index is 599. The van der Waals surface area contributed by atoms with Crippen molar-refractivity contribution in [3.63, 3.8) is 0 Å². The van der Waals surface area contributed by atoms with Crippen LogP contribution in [0.25, 0.3) is 0 Å². The van der Waals surface area contributed by atoms with Gasteiger partial charge in [-0.25, -0.2) is 4.98 Å². The van der Waals surface area contributed by atoms with Crippen molar-refractivity contribution in [2.75, 3.05) is 17.7 Å². The van der Waals surface area contributed by atoms with Crippen molar-refractivity contribution >= 4 is 11.6 Å². The summed E-state index contributed by atoms with van der Waals surface area (Å²) < 4.78 is 38.5. The van der Waals surface area contributed by atoms with Gasteiger partial charge in [0.15, 0.2) is 0 Å². The van der Waals surface area contributed by atoms with E-state index < -0.39 is 11.7 Å². The SMILES string of the molecule is CNc1cc(C(F)(F)F)cc(NC(C)c2ccccn2)n1. The molecule has 2 rings (SSSR count). The van der Waals surface area contributed by atoms with Crippen LogP contribution in [-0.4, -0.2) is 17.0 Å². The maximum atomic E-state index is 12.8. The molecular weight excluding hydrogens is 281 g/mol. The van der Waals surface area contributed by atoms with Gasteiger partial charge in [-0.1, -0.05) is 6.07 Å². The van der Waals surface area contributed by atoms with Crippen LogP contribution in [0.5, 0.6) is 0 Å². The number of aromatic nitrogens is 2. The van der Waals surface area contributed by atoms with E-state index in [1.165, 1.54) is 7.05 Å². The van der Waals surface area contributed by atoms with Crippen LogP contribution in [0.15, 0.2) is 36.5 Å². The number of hydrogen-bond donors (Lipinski definition) is 2. The molecule has 0 spiro atoms. The molecule has 0 radical (unpaired) electrons. The Morgan fingerprint density at radius 3 is 2.43 bits per heavy atom. The lowest BCUT2D eigenvalue weighted by atomic mass is 10.2. The third-order valence-electron chi connectivity index (χ3n) is 2.90. The summed E-state index contributed by atoms with van der Waals surface area (Å²) in [5, 5.41) is 5.56. The fourth-order valence-corrected chi connectivity index (χ4v) is 1.82. The second-order valence-corrected chi connectivity index (χ2v) is 4.49. The fraction of sp³-hybridized carbons (Fsp3) is 0.286. The summed E-state index contributed by atoms with van der Waals surface area (Å²) in [5.41, 5.74) is -0.0275. The molecule has 0 saturated carbocycles. The molecule has 2 N–H and O–H groups in total. The molecule has 2 aromatic rings. The van der Waals surface area contributed by atoms with E-state index in [1.54, 1.807) is 18.3 Å². The summed E-state index contributed by atoms with van der Waals surface area (Å²) in [6, 6.07) is 7.09. The number of alkyl halides is 3. The van der Waals surface area contributed by atoms with Gasteiger partial charge in [0.05, 0.1) is 17.3 Å². The summed E-state index contributed by atoms with van der Waals surface area (Å²) in [5.74, 6) is 0.299. The quantitative estimate of drug-likeness (QED) is 0.903. The molecule has 1 atom stereocenters. The lowest BCUT2D eigenvalue weighted by Gasteiger charge is -2.16. The van der Waals surface area contributed by atoms with Gasteiger partial charge in [-0.3, -0.25) is 4.98 Å². The first-order chi connectivity index (χ1) is 9.90. The first kappa shape index (κ1) is 15.1. The number of nitrogens with zero attached hydrogens (tertiary/aromatic N) is 2. The second-order valence-electron chi connectivity index (χ2n) is 4.49. The third-order valence-corrected chi connectivity index (χ3v) is 2.90. The summed E-state index contributed by atoms with van der Waals surface area (Å²) in [6.07, 6.45) is -2.79. The van der Waals surface area contributed by atoms with Crippen LogP contribution < -0.4 is 10.6 Å². The van der Waals surface area contributed by atoms with Crippen molar-refractivity contribution in [1.82, 2.24) is 9.97 Å². The van der Waals surface area contributed by atoms with E-state index in [4.69, 9.17) is 0 Å². The molecule has 0 bridgehead atoms. The van der Waals surface area contributed by atoms with Crippen molar-refractivity contribution in [1.29, 1.82) is 0 Å². The molecule has 2 aromatic heterocycles. The van der Waals surface area contributed by atoms with Gasteiger partial charge in [0.1, 0.15) is 11.6 Å². The monoisotopic (exact) mass is 296 g/mol. The minimum Gasteiger partial charge on any atom is -0.373 e. The third kappa shape index (κ3) is 3.84. The van der Waals surface area contributed by atoms with Gasteiger partial charge in [0.25, 0.3) is 0 Å². The molecule has 0 aliphatic heterocycles. The average molecular weight is 296 g/mol. The van der Waals surface area contributed by atoms with E-state index in [0.29, 0.717) is 0 Å². The van der Waals surface area contributed by atoms with Gasteiger partial charge in [-0.05, 0) is 31.2 Å². The molecule has 0 amide bonds. The van der Waals surface area contributed by atoms with Crippen LogP contribution in [-0.2, 0) is 6.18 Å². The molecule has 0 fully saturated rings. The zero-order chi connectivity index (χ0) is 15.5. The van der Waals surface area contributed by atoms with E-state index in [2.05, 4.69) is 20.6 Å². The lowest BCUT2D eigenvalue weighted by Crippen LogP contribution is -2.13. The van der Waals surface area contributed by atoms with E-state index in [-0.39, 0.29) is 17.7 Å². The Labute approximate surface area is 120 Å². The number of rotatable bonds is 4. The highest BCUT2D eigenvalue weighted by Crippen LogP contribution is 2.32. The molecule has 0 aromatic carbocycles. The Morgan fingerprint density at radius 2 is 1.86 bits per heavy atom. The molecule has 0 aliphatic rings. The molecule has 0 aliphatic carbocycles. The fourth-order valence-electron chi connectivity index (χ4n) is 1.82. The van der Waals surface area contributed by atoms with Gasteiger partial charge < -0.3 is 10.6 Å². The summed E-state index contributed by atoms with van der Waals surface area (Å²) in [6.45, 7) is 1.81. The summed E-state index contributed by atoms with van der Waals surface area (Å²) in [7, 11) is 1.52. The van der Waals surface area contributed by atoms with Crippen LogP contribution >= 0.6 is 0 Å². The molecular formula is C14H15F3N4. The maximum Gasteiger partial charge on any atom is 0.416 e. The highest BCUT2D eigenvalue weighted by molar-refractivity contribution is 5.50. The molecule has 7 heteroatoms. The van der Waals surface area contributed by atoms with Crippen molar-refractivity contribution in [3.05, 3.63) is 47.8 Å². The van der Waals surface area contributed by atoms with Crippen LogP contribution in [0.4, 0.5) is 24.8 Å². The molecule has 4 nitrogen and oxygen atoms in total. The zero-order valence-electron chi connectivity index (χ0n) is 11.6. The van der Waals surface area contributed by atoms with Gasteiger partial charge in [-0.2, -0.15) is 13.2 Å². The molecule has 0 saturated heterocycles. The zero-order valence-corrected chi connectivity index (χ0v) is 11.6. The molecule has 1 unspecified atom stereocenters.